The monoisotopic (exact) mass is 838 g/mol. The van der Waals surface area contributed by atoms with Gasteiger partial charge in [0.2, 0.25) is 0 Å². The molecule has 0 fully saturated rings. The van der Waals surface area contributed by atoms with Gasteiger partial charge in [0.15, 0.2) is 17.5 Å². The van der Waals surface area contributed by atoms with Gasteiger partial charge in [0.1, 0.15) is 11.6 Å². The van der Waals surface area contributed by atoms with Crippen LogP contribution in [0.3, 0.4) is 0 Å². The summed E-state index contributed by atoms with van der Waals surface area (Å²) in [5, 5.41) is 41.4. The fourth-order valence-electron chi connectivity index (χ4n) is 8.30. The van der Waals surface area contributed by atoms with Gasteiger partial charge in [-0.3, -0.25) is 0 Å². The highest BCUT2D eigenvalue weighted by molar-refractivity contribution is 6.12. The number of nitriles is 4. The summed E-state index contributed by atoms with van der Waals surface area (Å²) < 4.78 is 33.4. The van der Waals surface area contributed by atoms with Gasteiger partial charge in [-0.15, -0.1) is 0 Å². The lowest BCUT2D eigenvalue weighted by Gasteiger charge is -2.17. The smallest absolute Gasteiger partial charge is 0.166 e. The molecule has 8 nitrogen and oxygen atoms in total. The van der Waals surface area contributed by atoms with Crippen molar-refractivity contribution >= 4 is 21.8 Å². The molecule has 0 N–H and O–H groups in total. The second-order valence-corrected chi connectivity index (χ2v) is 15.1. The Balaban J connectivity index is 1.33. The Morgan fingerprint density at radius 1 is 0.385 bits per heavy atom. The summed E-state index contributed by atoms with van der Waals surface area (Å²) in [7, 11) is 0. The van der Waals surface area contributed by atoms with Gasteiger partial charge in [-0.1, -0.05) is 109 Å². The molecule has 0 aliphatic carbocycles. The molecular weight excluding hydrogens is 811 g/mol. The maximum atomic E-state index is 15.7. The summed E-state index contributed by atoms with van der Waals surface area (Å²) in [6, 6.07) is 58.2. The van der Waals surface area contributed by atoms with E-state index in [4.69, 9.17) is 15.0 Å². The molecule has 10 rings (SSSR count). The first-order chi connectivity index (χ1) is 31.8. The Bertz CT molecular complexity index is 3530. The minimum atomic E-state index is -0.744. The normalized spacial score (nSPS) is 10.9. The highest BCUT2D eigenvalue weighted by Gasteiger charge is 2.23. The van der Waals surface area contributed by atoms with Crippen molar-refractivity contribution in [2.45, 2.75) is 0 Å². The molecule has 65 heavy (non-hydrogen) atoms. The van der Waals surface area contributed by atoms with E-state index in [-0.39, 0.29) is 17.0 Å². The minimum absolute atomic E-state index is 0.220. The zero-order valence-corrected chi connectivity index (χ0v) is 34.0. The van der Waals surface area contributed by atoms with Crippen LogP contribution in [0.25, 0.3) is 95.0 Å². The molecule has 2 aromatic heterocycles. The zero-order chi connectivity index (χ0) is 44.6. The number of rotatable bonds is 7. The molecule has 0 saturated heterocycles. The Labute approximate surface area is 371 Å². The maximum absolute atomic E-state index is 15.7. The molecule has 0 bridgehead atoms. The van der Waals surface area contributed by atoms with E-state index < -0.39 is 11.6 Å². The van der Waals surface area contributed by atoms with Crippen molar-refractivity contribution in [2.24, 2.45) is 0 Å². The van der Waals surface area contributed by atoms with Crippen LogP contribution in [-0.4, -0.2) is 19.5 Å². The van der Waals surface area contributed by atoms with Gasteiger partial charge in [0.25, 0.3) is 0 Å². The highest BCUT2D eigenvalue weighted by atomic mass is 19.1. The van der Waals surface area contributed by atoms with E-state index in [1.807, 2.05) is 102 Å². The quantitative estimate of drug-likeness (QED) is 0.156. The second kappa shape index (κ2) is 16.3. The Morgan fingerprint density at radius 2 is 0.862 bits per heavy atom. The Hall–Kier alpha value is -9.61. The van der Waals surface area contributed by atoms with Gasteiger partial charge in [0.05, 0.1) is 68.8 Å². The van der Waals surface area contributed by atoms with Crippen LogP contribution in [-0.2, 0) is 0 Å². The minimum Gasteiger partial charge on any atom is -0.308 e. The molecule has 0 unspecified atom stereocenters. The number of aromatic nitrogens is 4. The number of fused-ring (bicyclic) bond motifs is 3. The van der Waals surface area contributed by atoms with Crippen LogP contribution >= 0.6 is 0 Å². The van der Waals surface area contributed by atoms with Crippen molar-refractivity contribution in [2.75, 3.05) is 0 Å². The molecule has 0 aliphatic rings. The lowest BCUT2D eigenvalue weighted by molar-refractivity contribution is 0.589. The van der Waals surface area contributed by atoms with Crippen LogP contribution in [0.1, 0.15) is 22.3 Å². The lowest BCUT2D eigenvalue weighted by atomic mass is 9.96. The third-order valence-electron chi connectivity index (χ3n) is 11.4. The number of nitrogens with zero attached hydrogens (tertiary/aromatic N) is 8. The van der Waals surface area contributed by atoms with Gasteiger partial charge >= 0.3 is 0 Å². The van der Waals surface area contributed by atoms with Gasteiger partial charge in [-0.05, 0) is 88.5 Å². The third-order valence-corrected chi connectivity index (χ3v) is 11.4. The molecule has 0 aliphatic heterocycles. The first-order valence-electron chi connectivity index (χ1n) is 20.3. The van der Waals surface area contributed by atoms with Crippen LogP contribution in [0.4, 0.5) is 8.78 Å². The summed E-state index contributed by atoms with van der Waals surface area (Å²) in [6.45, 7) is 0. The van der Waals surface area contributed by atoms with Gasteiger partial charge < -0.3 is 4.57 Å². The summed E-state index contributed by atoms with van der Waals surface area (Å²) >= 11 is 0. The first kappa shape index (κ1) is 39.5. The average Bonchev–Trinajstić information content (AvgIpc) is 3.68. The number of halogens is 2. The molecule has 302 valence electrons. The SMILES string of the molecule is N#Cc1ccc(-c2ccc3c4ccc(-c5ccc(C#N)cc5C#N)cc4n(-c4ccc(-c5c(F)cccc5F)cc4-c4nc(-c5ccccc5)nc(-c5ccccc5)n4)c3c2)c(C#N)c1. The molecule has 0 radical (unpaired) electrons. The molecule has 0 spiro atoms. The molecule has 0 atom stereocenters. The predicted molar refractivity (Wildman–Crippen MR) is 246 cm³/mol. The Kier molecular flexibility index (Phi) is 9.94. The highest BCUT2D eigenvalue weighted by Crippen LogP contribution is 2.42. The molecule has 0 saturated carbocycles. The maximum Gasteiger partial charge on any atom is 0.166 e. The summed E-state index contributed by atoms with van der Waals surface area (Å²) in [5.74, 6) is -0.501. The fraction of sp³-hybridized carbons (Fsp3) is 0. The van der Waals surface area contributed by atoms with Crippen LogP contribution in [0.15, 0.2) is 170 Å². The van der Waals surface area contributed by atoms with Crippen LogP contribution in [0.5, 0.6) is 0 Å². The van der Waals surface area contributed by atoms with E-state index in [0.29, 0.717) is 78.4 Å². The molecule has 2 heterocycles. The fourth-order valence-corrected chi connectivity index (χ4v) is 8.30. The van der Waals surface area contributed by atoms with Crippen molar-refractivity contribution in [1.29, 1.82) is 21.0 Å². The average molecular weight is 839 g/mol. The van der Waals surface area contributed by atoms with E-state index in [1.165, 1.54) is 18.2 Å². The summed E-state index contributed by atoms with van der Waals surface area (Å²) in [6.07, 6.45) is 0. The van der Waals surface area contributed by atoms with E-state index in [0.717, 1.165) is 21.9 Å². The largest absolute Gasteiger partial charge is 0.308 e. The van der Waals surface area contributed by atoms with E-state index in [2.05, 4.69) is 24.3 Å². The predicted octanol–water partition coefficient (Wildman–Crippen LogP) is 12.7. The molecule has 0 amide bonds. The van der Waals surface area contributed by atoms with E-state index in [9.17, 15) is 21.0 Å². The number of benzene rings is 8. The van der Waals surface area contributed by atoms with Crippen molar-refractivity contribution in [1.82, 2.24) is 19.5 Å². The molecule has 8 aromatic carbocycles. The van der Waals surface area contributed by atoms with Crippen molar-refractivity contribution in [3.63, 3.8) is 0 Å². The number of hydrogen-bond acceptors (Lipinski definition) is 7. The topological polar surface area (TPSA) is 139 Å². The van der Waals surface area contributed by atoms with Crippen molar-refractivity contribution < 1.29 is 8.78 Å². The van der Waals surface area contributed by atoms with Crippen LogP contribution < -0.4 is 0 Å². The molecular formula is C55H28F2N8. The van der Waals surface area contributed by atoms with Crippen molar-refractivity contribution in [3.05, 3.63) is 204 Å². The molecule has 10 heteroatoms. The van der Waals surface area contributed by atoms with Gasteiger partial charge in [-0.2, -0.15) is 21.0 Å². The van der Waals surface area contributed by atoms with Crippen molar-refractivity contribution in [3.8, 4) is 97.5 Å². The summed E-state index contributed by atoms with van der Waals surface area (Å²) in [5.41, 5.74) is 7.83. The van der Waals surface area contributed by atoms with E-state index >= 15 is 8.78 Å². The zero-order valence-electron chi connectivity index (χ0n) is 34.0. The third kappa shape index (κ3) is 7.06. The van der Waals surface area contributed by atoms with Gasteiger partial charge in [-0.25, -0.2) is 23.7 Å². The second-order valence-electron chi connectivity index (χ2n) is 15.1. The molecule has 10 aromatic rings. The standard InChI is InChI=1S/C55H28F2N8/c56-47-12-7-13-48(57)52(47)39-18-23-49(46(26-39)55-63-53(35-8-3-1-4-9-35)62-54(64-55)36-10-5-2-6-11-36)65-50-27-37(42-19-14-33(29-58)24-40(42)31-60)16-21-44(50)45-22-17-38(28-51(45)65)43-20-15-34(30-59)25-41(43)32-61/h1-28H. The Morgan fingerprint density at radius 3 is 1.34 bits per heavy atom. The van der Waals surface area contributed by atoms with E-state index in [1.54, 1.807) is 54.6 Å². The van der Waals surface area contributed by atoms with Crippen LogP contribution in [0, 0.1) is 57.0 Å². The lowest BCUT2D eigenvalue weighted by Crippen LogP contribution is -2.04. The number of hydrogen-bond donors (Lipinski definition) is 0. The summed E-state index contributed by atoms with van der Waals surface area (Å²) in [4.78, 5) is 15.0. The van der Waals surface area contributed by atoms with Crippen LogP contribution in [0.2, 0.25) is 0 Å². The first-order valence-corrected chi connectivity index (χ1v) is 20.3. The van der Waals surface area contributed by atoms with Gasteiger partial charge in [0, 0.05) is 27.5 Å².